The molecule has 0 bridgehead atoms. The first-order valence-electron chi connectivity index (χ1n) is 14.1. The van der Waals surface area contributed by atoms with Crippen LogP contribution in [0.4, 0.5) is 0 Å². The number of nitrogens with zero attached hydrogens (tertiary/aromatic N) is 5. The Hall–Kier alpha value is -6.08. The minimum atomic E-state index is 0.158. The molecule has 0 saturated carbocycles. The van der Waals surface area contributed by atoms with Gasteiger partial charge in [-0.15, -0.1) is 10.2 Å². The van der Waals surface area contributed by atoms with E-state index in [9.17, 15) is 0 Å². The van der Waals surface area contributed by atoms with Crippen LogP contribution in [0.3, 0.4) is 0 Å². The number of amidine groups is 2. The van der Waals surface area contributed by atoms with E-state index in [2.05, 4.69) is 64.6 Å². The zero-order valence-electron chi connectivity index (χ0n) is 23.0. The fraction of sp³-hybridized carbons (Fsp3) is 0. The first-order valence-corrected chi connectivity index (χ1v) is 14.1. The number of aromatic nitrogens is 4. The van der Waals surface area contributed by atoms with Gasteiger partial charge in [0, 0.05) is 27.6 Å². The summed E-state index contributed by atoms with van der Waals surface area (Å²) in [6, 6.07) is 46.3. The van der Waals surface area contributed by atoms with Crippen molar-refractivity contribution in [2.45, 2.75) is 0 Å². The molecule has 3 aromatic heterocycles. The highest BCUT2D eigenvalue weighted by Crippen LogP contribution is 2.38. The van der Waals surface area contributed by atoms with E-state index in [1.807, 2.05) is 89.6 Å². The van der Waals surface area contributed by atoms with Gasteiger partial charge in [0.05, 0.1) is 21.9 Å². The maximum Gasteiger partial charge on any atom is 0.184 e. The number of benzene rings is 5. The fourth-order valence-electron chi connectivity index (χ4n) is 5.79. The third kappa shape index (κ3) is 4.06. The number of rotatable bonds is 4. The van der Waals surface area contributed by atoms with Crippen LogP contribution >= 0.6 is 0 Å². The predicted octanol–water partition coefficient (Wildman–Crippen LogP) is 7.70. The van der Waals surface area contributed by atoms with Crippen molar-refractivity contribution in [2.75, 3.05) is 5.43 Å². The van der Waals surface area contributed by atoms with Gasteiger partial charge in [-0.2, -0.15) is 0 Å². The lowest BCUT2D eigenvalue weighted by Crippen LogP contribution is -2.25. The molecule has 0 unspecified atom stereocenters. The van der Waals surface area contributed by atoms with Crippen LogP contribution in [0.2, 0.25) is 0 Å². The van der Waals surface area contributed by atoms with Crippen LogP contribution in [-0.2, 0) is 0 Å². The van der Waals surface area contributed by atoms with Crippen molar-refractivity contribution < 1.29 is 0 Å². The Morgan fingerprint density at radius 1 is 0.605 bits per heavy atom. The summed E-state index contributed by atoms with van der Waals surface area (Å²) >= 11 is 0. The number of aliphatic imine (C=N–C) groups is 1. The Labute approximate surface area is 246 Å². The highest BCUT2D eigenvalue weighted by molar-refractivity contribution is 6.24. The van der Waals surface area contributed by atoms with Gasteiger partial charge in [0.1, 0.15) is 5.52 Å². The topological polar surface area (TPSA) is 83.9 Å². The highest BCUT2D eigenvalue weighted by Gasteiger charge is 2.23. The number of hydrogen-bond donors (Lipinski definition) is 2. The maximum atomic E-state index is 8.79. The van der Waals surface area contributed by atoms with Crippen LogP contribution in [0.25, 0.3) is 49.6 Å². The number of fused-ring (bicyclic) bond motifs is 7. The van der Waals surface area contributed by atoms with Gasteiger partial charge in [-0.3, -0.25) is 10.8 Å². The second-order valence-electron chi connectivity index (χ2n) is 10.3. The van der Waals surface area contributed by atoms with Crippen LogP contribution in [0.5, 0.6) is 0 Å². The lowest BCUT2D eigenvalue weighted by Gasteiger charge is -2.14. The van der Waals surface area contributed by atoms with Crippen LogP contribution in [-0.4, -0.2) is 31.1 Å². The Kier molecular flexibility index (Phi) is 5.79. The van der Waals surface area contributed by atoms with Crippen molar-refractivity contribution in [3.8, 4) is 5.69 Å². The smallest absolute Gasteiger partial charge is 0.184 e. The average molecular weight is 556 g/mol. The van der Waals surface area contributed by atoms with E-state index >= 15 is 0 Å². The summed E-state index contributed by atoms with van der Waals surface area (Å²) in [7, 11) is 0. The van der Waals surface area contributed by atoms with Gasteiger partial charge in [0.2, 0.25) is 0 Å². The Balaban J connectivity index is 1.42. The summed E-state index contributed by atoms with van der Waals surface area (Å²) < 4.78 is 4.21. The fourth-order valence-corrected chi connectivity index (χ4v) is 5.79. The van der Waals surface area contributed by atoms with E-state index in [-0.39, 0.29) is 5.84 Å². The van der Waals surface area contributed by atoms with Gasteiger partial charge in [0.15, 0.2) is 17.3 Å². The summed E-state index contributed by atoms with van der Waals surface area (Å²) in [6.45, 7) is 0. The first kappa shape index (κ1) is 24.7. The van der Waals surface area contributed by atoms with Gasteiger partial charge in [-0.05, 0) is 24.3 Å². The maximum absolute atomic E-state index is 8.79. The molecule has 0 spiro atoms. The number of nitrogens with one attached hydrogen (secondary N) is 2. The summed E-state index contributed by atoms with van der Waals surface area (Å²) in [5, 5.41) is 21.5. The van der Waals surface area contributed by atoms with Crippen LogP contribution in [0.15, 0.2) is 145 Å². The zero-order valence-corrected chi connectivity index (χ0v) is 23.0. The number of para-hydroxylation sites is 3. The van der Waals surface area contributed by atoms with E-state index in [1.165, 1.54) is 0 Å². The molecule has 204 valence electrons. The van der Waals surface area contributed by atoms with Crippen LogP contribution < -0.4 is 5.43 Å². The lowest BCUT2D eigenvalue weighted by atomic mass is 10.1. The number of hydrogen-bond acceptors (Lipinski definition) is 3. The minimum Gasteiger partial charge on any atom is -0.307 e. The van der Waals surface area contributed by atoms with Gasteiger partial charge in [-0.25, -0.2) is 9.67 Å². The van der Waals surface area contributed by atoms with Crippen molar-refractivity contribution in [1.29, 1.82) is 5.41 Å². The van der Waals surface area contributed by atoms with Crippen molar-refractivity contribution in [3.63, 3.8) is 0 Å². The summed E-state index contributed by atoms with van der Waals surface area (Å²) in [5.41, 5.74) is 10.7. The van der Waals surface area contributed by atoms with Crippen molar-refractivity contribution in [3.05, 3.63) is 151 Å². The molecule has 43 heavy (non-hydrogen) atoms. The molecule has 7 nitrogen and oxygen atoms in total. The zero-order chi connectivity index (χ0) is 28.8. The molecule has 8 aromatic rings. The molecule has 0 aliphatic carbocycles. The second-order valence-corrected chi connectivity index (χ2v) is 10.3. The Bertz CT molecular complexity index is 2320. The van der Waals surface area contributed by atoms with Crippen molar-refractivity contribution in [2.24, 2.45) is 4.99 Å². The molecule has 0 aliphatic rings. The molecule has 0 saturated heterocycles. The lowest BCUT2D eigenvalue weighted by molar-refractivity contribution is 1.000. The molecule has 0 aliphatic heterocycles. The molecule has 0 amide bonds. The first-order chi connectivity index (χ1) is 21.3. The molecule has 5 aromatic carbocycles. The molecule has 0 atom stereocenters. The molecule has 7 heteroatoms. The van der Waals surface area contributed by atoms with E-state index in [0.29, 0.717) is 11.5 Å². The molecule has 0 radical (unpaired) electrons. The van der Waals surface area contributed by atoms with Crippen molar-refractivity contribution in [1.82, 2.24) is 19.4 Å². The molecular weight excluding hydrogens is 530 g/mol. The normalized spacial score (nSPS) is 12.0. The highest BCUT2D eigenvalue weighted by atomic mass is 15.5. The second kappa shape index (κ2) is 10.1. The molecular formula is C36H25N7. The van der Waals surface area contributed by atoms with Gasteiger partial charge in [-0.1, -0.05) is 115 Å². The van der Waals surface area contributed by atoms with Crippen molar-refractivity contribution >= 4 is 55.5 Å². The summed E-state index contributed by atoms with van der Waals surface area (Å²) in [4.78, 5) is 4.78. The predicted molar refractivity (Wildman–Crippen MR) is 175 cm³/mol. The minimum absolute atomic E-state index is 0.158. The van der Waals surface area contributed by atoms with E-state index < -0.39 is 0 Å². The van der Waals surface area contributed by atoms with Crippen LogP contribution in [0, 0.1) is 5.41 Å². The van der Waals surface area contributed by atoms with Crippen LogP contribution in [0.1, 0.15) is 11.1 Å². The summed E-state index contributed by atoms with van der Waals surface area (Å²) in [5.74, 6) is 0.688. The Morgan fingerprint density at radius 2 is 1.19 bits per heavy atom. The average Bonchev–Trinajstić information content (AvgIpc) is 3.58. The van der Waals surface area contributed by atoms with Gasteiger partial charge >= 0.3 is 0 Å². The molecule has 2 N–H and O–H groups in total. The van der Waals surface area contributed by atoms with Gasteiger partial charge < -0.3 is 4.57 Å². The monoisotopic (exact) mass is 555 g/mol. The quantitative estimate of drug-likeness (QED) is 0.172. The van der Waals surface area contributed by atoms with E-state index in [4.69, 9.17) is 20.6 Å². The molecule has 0 fully saturated rings. The SMILES string of the molecule is N=C(N=C(Nn1c2ccccc2c2c1nnc1c3ccccc3n(-c3ccccc3)c12)c1ccccc1)c1ccccc1. The third-order valence-corrected chi connectivity index (χ3v) is 7.73. The Morgan fingerprint density at radius 3 is 1.91 bits per heavy atom. The largest absolute Gasteiger partial charge is 0.307 e. The standard InChI is InChI=1S/C36H25N7/c37-34(24-14-4-1-5-15-24)38-35(25-16-6-2-7-17-25)41-43-30-23-13-10-20-27(30)31-33-32(39-40-36(31)43)28-21-11-12-22-29(28)42(33)26-18-8-3-9-19-26/h1-23H,(H2,37,38,41). The summed E-state index contributed by atoms with van der Waals surface area (Å²) in [6.07, 6.45) is 0. The van der Waals surface area contributed by atoms with Gasteiger partial charge in [0.25, 0.3) is 0 Å². The van der Waals surface area contributed by atoms with E-state index in [0.717, 1.165) is 55.0 Å². The molecule has 8 rings (SSSR count). The molecule has 3 heterocycles. The van der Waals surface area contributed by atoms with E-state index in [1.54, 1.807) is 0 Å². The third-order valence-electron chi connectivity index (χ3n) is 7.73.